The van der Waals surface area contributed by atoms with E-state index >= 15 is 0 Å². The zero-order chi connectivity index (χ0) is 25.0. The lowest BCUT2D eigenvalue weighted by atomic mass is 9.89. The van der Waals surface area contributed by atoms with Crippen molar-refractivity contribution in [1.29, 1.82) is 0 Å². The van der Waals surface area contributed by atoms with Crippen LogP contribution in [0.4, 0.5) is 5.82 Å². The van der Waals surface area contributed by atoms with Gasteiger partial charge in [0.25, 0.3) is 0 Å². The predicted molar refractivity (Wildman–Crippen MR) is 144 cm³/mol. The molecule has 0 unspecified atom stereocenters. The van der Waals surface area contributed by atoms with E-state index in [1.165, 1.54) is 6.42 Å². The molecule has 0 amide bonds. The van der Waals surface area contributed by atoms with Crippen LogP contribution in [0.15, 0.2) is 47.5 Å². The molecule has 36 heavy (non-hydrogen) atoms. The van der Waals surface area contributed by atoms with E-state index in [0.717, 1.165) is 71.4 Å². The highest BCUT2D eigenvalue weighted by molar-refractivity contribution is 6.04. The molecule has 0 spiro atoms. The molecule has 8 nitrogen and oxygen atoms in total. The van der Waals surface area contributed by atoms with E-state index in [4.69, 9.17) is 9.72 Å². The number of ether oxygens (including phenoxy) is 1. The van der Waals surface area contributed by atoms with Gasteiger partial charge in [0.05, 0.1) is 28.9 Å². The molecule has 2 fully saturated rings. The number of imidazole rings is 1. The maximum absolute atomic E-state index is 13.2. The fourth-order valence-electron chi connectivity index (χ4n) is 5.94. The zero-order valence-electron chi connectivity index (χ0n) is 21.5. The summed E-state index contributed by atoms with van der Waals surface area (Å²) in [4.78, 5) is 27.3. The van der Waals surface area contributed by atoms with Crippen LogP contribution in [-0.4, -0.2) is 70.9 Å². The van der Waals surface area contributed by atoms with Gasteiger partial charge in [-0.1, -0.05) is 6.07 Å². The van der Waals surface area contributed by atoms with Crippen LogP contribution in [0.2, 0.25) is 0 Å². The van der Waals surface area contributed by atoms with E-state index < -0.39 is 0 Å². The van der Waals surface area contributed by atoms with Crippen LogP contribution in [0.25, 0.3) is 33.1 Å². The van der Waals surface area contributed by atoms with E-state index in [2.05, 4.69) is 53.1 Å². The van der Waals surface area contributed by atoms with Crippen LogP contribution < -0.4 is 10.6 Å². The molecule has 188 valence electrons. The van der Waals surface area contributed by atoms with Crippen LogP contribution in [0.3, 0.4) is 0 Å². The second-order valence-electron chi connectivity index (χ2n) is 10.7. The summed E-state index contributed by atoms with van der Waals surface area (Å²) in [6.45, 7) is 3.23. The van der Waals surface area contributed by atoms with E-state index in [-0.39, 0.29) is 17.8 Å². The second kappa shape index (κ2) is 9.01. The standard InChI is InChI=1S/C28H34N6O2/c1-31(2)16-18-9-10-33(17-18)26-8-6-20(14-30-26)19-5-7-24-23(11-19)27-25(15-29-24)32(3)28(35)34(27)21-12-22(13-21)36-4/h5-8,11,14-15,18,21-22H,9-10,12-13,16-17H2,1-4H3/t18-,21-,22+/m0/s1. The Labute approximate surface area is 211 Å². The third-order valence-corrected chi connectivity index (χ3v) is 8.00. The number of anilines is 1. The van der Waals surface area contributed by atoms with Crippen LogP contribution in [0.1, 0.15) is 25.3 Å². The van der Waals surface area contributed by atoms with Crippen molar-refractivity contribution in [3.05, 3.63) is 53.2 Å². The van der Waals surface area contributed by atoms with Crippen molar-refractivity contribution in [2.45, 2.75) is 31.4 Å². The van der Waals surface area contributed by atoms with E-state index in [9.17, 15) is 4.79 Å². The van der Waals surface area contributed by atoms with Gasteiger partial charge in [0.2, 0.25) is 0 Å². The number of benzene rings is 1. The molecule has 0 radical (unpaired) electrons. The second-order valence-corrected chi connectivity index (χ2v) is 10.7. The number of aromatic nitrogens is 4. The van der Waals surface area contributed by atoms with Crippen LogP contribution >= 0.6 is 0 Å². The lowest BCUT2D eigenvalue weighted by Crippen LogP contribution is -2.37. The van der Waals surface area contributed by atoms with E-state index in [1.807, 2.05) is 30.1 Å². The summed E-state index contributed by atoms with van der Waals surface area (Å²) in [6.07, 6.45) is 6.93. The number of nitrogens with zero attached hydrogens (tertiary/aromatic N) is 6. The molecule has 1 saturated carbocycles. The number of hydrogen-bond acceptors (Lipinski definition) is 6. The van der Waals surface area contributed by atoms with Crippen molar-refractivity contribution in [1.82, 2.24) is 24.0 Å². The molecule has 0 bridgehead atoms. The van der Waals surface area contributed by atoms with Gasteiger partial charge in [0.15, 0.2) is 0 Å². The molecule has 1 aromatic carbocycles. The van der Waals surface area contributed by atoms with E-state index in [0.29, 0.717) is 5.92 Å². The lowest BCUT2D eigenvalue weighted by Gasteiger charge is -2.34. The monoisotopic (exact) mass is 486 g/mol. The van der Waals surface area contributed by atoms with Crippen molar-refractivity contribution in [3.8, 4) is 11.1 Å². The average Bonchev–Trinajstić information content (AvgIpc) is 3.41. The zero-order valence-corrected chi connectivity index (χ0v) is 21.5. The van der Waals surface area contributed by atoms with Crippen LogP contribution in [0.5, 0.6) is 0 Å². The summed E-state index contributed by atoms with van der Waals surface area (Å²) in [5.41, 5.74) is 4.86. The Morgan fingerprint density at radius 2 is 1.89 bits per heavy atom. The highest BCUT2D eigenvalue weighted by Gasteiger charge is 2.33. The minimum absolute atomic E-state index is 0.00783. The Hall–Kier alpha value is -3.23. The highest BCUT2D eigenvalue weighted by Crippen LogP contribution is 2.37. The van der Waals surface area contributed by atoms with Crippen molar-refractivity contribution < 1.29 is 4.74 Å². The summed E-state index contributed by atoms with van der Waals surface area (Å²) < 4.78 is 9.15. The summed E-state index contributed by atoms with van der Waals surface area (Å²) in [6, 6.07) is 10.7. The molecule has 8 heteroatoms. The van der Waals surface area contributed by atoms with Gasteiger partial charge >= 0.3 is 5.69 Å². The summed E-state index contributed by atoms with van der Waals surface area (Å²) in [7, 11) is 7.85. The summed E-state index contributed by atoms with van der Waals surface area (Å²) in [5, 5.41) is 0.999. The smallest absolute Gasteiger partial charge is 0.329 e. The first kappa shape index (κ1) is 23.2. The van der Waals surface area contributed by atoms with Gasteiger partial charge < -0.3 is 14.5 Å². The topological polar surface area (TPSA) is 68.4 Å². The maximum Gasteiger partial charge on any atom is 0.329 e. The Morgan fingerprint density at radius 1 is 1.08 bits per heavy atom. The molecular weight excluding hydrogens is 452 g/mol. The normalized spacial score (nSPS) is 22.1. The Balaban J connectivity index is 1.35. The van der Waals surface area contributed by atoms with Gasteiger partial charge in [-0.15, -0.1) is 0 Å². The van der Waals surface area contributed by atoms with Crippen molar-refractivity contribution >= 4 is 27.8 Å². The first-order valence-electron chi connectivity index (χ1n) is 12.8. The predicted octanol–water partition coefficient (Wildman–Crippen LogP) is 3.69. The van der Waals surface area contributed by atoms with Gasteiger partial charge in [-0.05, 0) is 69.1 Å². The number of fused-ring (bicyclic) bond motifs is 3. The largest absolute Gasteiger partial charge is 0.381 e. The first-order chi connectivity index (χ1) is 17.4. The van der Waals surface area contributed by atoms with Crippen molar-refractivity contribution in [3.63, 3.8) is 0 Å². The molecule has 1 saturated heterocycles. The van der Waals surface area contributed by atoms with Gasteiger partial charge in [-0.25, -0.2) is 9.78 Å². The molecule has 0 N–H and O–H groups in total. The number of aryl methyl sites for hydroxylation is 1. The lowest BCUT2D eigenvalue weighted by molar-refractivity contribution is 0.00635. The number of hydrogen-bond donors (Lipinski definition) is 0. The SMILES string of the molecule is CO[C@H]1C[C@@H](n2c(=O)n(C)c3cnc4ccc(-c5ccc(N6CC[C@@H](CN(C)C)C6)nc5)cc4c32)C1. The quantitative estimate of drug-likeness (QED) is 0.414. The van der Waals surface area contributed by atoms with Gasteiger partial charge in [-0.2, -0.15) is 0 Å². The highest BCUT2D eigenvalue weighted by atomic mass is 16.5. The molecule has 1 atom stereocenters. The molecule has 1 aliphatic carbocycles. The molecule has 1 aliphatic heterocycles. The van der Waals surface area contributed by atoms with Crippen molar-refractivity contribution in [2.24, 2.45) is 13.0 Å². The third kappa shape index (κ3) is 3.89. The Kier molecular flexibility index (Phi) is 5.80. The molecule has 4 heterocycles. The summed E-state index contributed by atoms with van der Waals surface area (Å²) in [5.74, 6) is 1.73. The molecule has 4 aromatic rings. The fourth-order valence-corrected chi connectivity index (χ4v) is 5.94. The maximum atomic E-state index is 13.2. The summed E-state index contributed by atoms with van der Waals surface area (Å²) >= 11 is 0. The average molecular weight is 487 g/mol. The number of methoxy groups -OCH3 is 1. The Bertz CT molecular complexity index is 1470. The molecule has 3 aromatic heterocycles. The van der Waals surface area contributed by atoms with Crippen LogP contribution in [-0.2, 0) is 11.8 Å². The van der Waals surface area contributed by atoms with E-state index in [1.54, 1.807) is 11.7 Å². The number of pyridine rings is 2. The van der Waals surface area contributed by atoms with Gasteiger partial charge in [0.1, 0.15) is 5.82 Å². The van der Waals surface area contributed by atoms with Crippen molar-refractivity contribution in [2.75, 3.05) is 45.7 Å². The van der Waals surface area contributed by atoms with Crippen LogP contribution in [0, 0.1) is 5.92 Å². The third-order valence-electron chi connectivity index (χ3n) is 8.00. The Morgan fingerprint density at radius 3 is 2.61 bits per heavy atom. The number of rotatable bonds is 6. The first-order valence-corrected chi connectivity index (χ1v) is 12.8. The minimum atomic E-state index is 0.00783. The van der Waals surface area contributed by atoms with Gasteiger partial charge in [0, 0.05) is 57.0 Å². The minimum Gasteiger partial charge on any atom is -0.381 e. The molecule has 2 aliphatic rings. The molecular formula is C28H34N6O2. The van der Waals surface area contributed by atoms with Gasteiger partial charge in [-0.3, -0.25) is 14.1 Å². The molecule has 6 rings (SSSR count). The fraction of sp³-hybridized carbons (Fsp3) is 0.464.